The van der Waals surface area contributed by atoms with Crippen molar-refractivity contribution in [3.63, 3.8) is 0 Å². The lowest BCUT2D eigenvalue weighted by atomic mass is 10.1. The predicted octanol–water partition coefficient (Wildman–Crippen LogP) is 3.46. The van der Waals surface area contributed by atoms with Crippen LogP contribution in [-0.4, -0.2) is 52.7 Å². The van der Waals surface area contributed by atoms with Crippen molar-refractivity contribution < 1.29 is 17.7 Å². The highest BCUT2D eigenvalue weighted by Crippen LogP contribution is 2.32. The standard InChI is InChI=1S/C19H21F3N4O/c1-3-4-8-25-9-11-26(12-10-25)14(2)18-23-17(24-27-18)15-6-5-7-16(13-15)19(20,21)22/h1,5-7,13-14H,4,8-12H2,2H3/t14-/m1/s1. The summed E-state index contributed by atoms with van der Waals surface area (Å²) < 4.78 is 44.0. The summed E-state index contributed by atoms with van der Waals surface area (Å²) in [7, 11) is 0. The Morgan fingerprint density at radius 3 is 2.67 bits per heavy atom. The number of alkyl halides is 3. The second-order valence-electron chi connectivity index (χ2n) is 6.54. The van der Waals surface area contributed by atoms with Gasteiger partial charge in [0.1, 0.15) is 0 Å². The molecule has 0 saturated carbocycles. The minimum Gasteiger partial charge on any atom is -0.337 e. The molecule has 0 bridgehead atoms. The van der Waals surface area contributed by atoms with Crippen LogP contribution in [-0.2, 0) is 6.18 Å². The van der Waals surface area contributed by atoms with Crippen molar-refractivity contribution in [3.05, 3.63) is 35.7 Å². The summed E-state index contributed by atoms with van der Waals surface area (Å²) in [6, 6.07) is 4.83. The topological polar surface area (TPSA) is 45.4 Å². The van der Waals surface area contributed by atoms with E-state index in [-0.39, 0.29) is 17.4 Å². The molecular formula is C19H21F3N4O. The first-order valence-electron chi connectivity index (χ1n) is 8.79. The van der Waals surface area contributed by atoms with Crippen LogP contribution in [0.3, 0.4) is 0 Å². The van der Waals surface area contributed by atoms with Gasteiger partial charge >= 0.3 is 6.18 Å². The molecule has 8 heteroatoms. The van der Waals surface area contributed by atoms with E-state index in [2.05, 4.69) is 25.9 Å². The lowest BCUT2D eigenvalue weighted by Gasteiger charge is -2.36. The zero-order valence-corrected chi connectivity index (χ0v) is 15.0. The maximum absolute atomic E-state index is 12.9. The van der Waals surface area contributed by atoms with Crippen molar-refractivity contribution >= 4 is 0 Å². The van der Waals surface area contributed by atoms with Crippen LogP contribution in [0.25, 0.3) is 11.4 Å². The molecule has 0 amide bonds. The van der Waals surface area contributed by atoms with Crippen LogP contribution in [0.15, 0.2) is 28.8 Å². The fourth-order valence-corrected chi connectivity index (χ4v) is 3.11. The van der Waals surface area contributed by atoms with Crippen LogP contribution >= 0.6 is 0 Å². The molecule has 27 heavy (non-hydrogen) atoms. The van der Waals surface area contributed by atoms with Crippen molar-refractivity contribution in [2.24, 2.45) is 0 Å². The number of piperazine rings is 1. The monoisotopic (exact) mass is 378 g/mol. The van der Waals surface area contributed by atoms with Crippen LogP contribution in [0.2, 0.25) is 0 Å². The van der Waals surface area contributed by atoms with Crippen LogP contribution in [0.1, 0.15) is 30.8 Å². The van der Waals surface area contributed by atoms with Gasteiger partial charge < -0.3 is 4.52 Å². The molecule has 1 atom stereocenters. The van der Waals surface area contributed by atoms with Gasteiger partial charge in [0.25, 0.3) is 0 Å². The van der Waals surface area contributed by atoms with Crippen molar-refractivity contribution in [1.29, 1.82) is 0 Å². The molecule has 0 aliphatic carbocycles. The zero-order valence-electron chi connectivity index (χ0n) is 15.0. The third kappa shape index (κ3) is 4.67. The Labute approximate surface area is 156 Å². The molecule has 1 aromatic carbocycles. The highest BCUT2D eigenvalue weighted by atomic mass is 19.4. The largest absolute Gasteiger partial charge is 0.416 e. The molecule has 3 rings (SSSR count). The lowest BCUT2D eigenvalue weighted by Crippen LogP contribution is -2.47. The fraction of sp³-hybridized carbons (Fsp3) is 0.474. The van der Waals surface area contributed by atoms with Crippen molar-refractivity contribution in [2.75, 3.05) is 32.7 Å². The Morgan fingerprint density at radius 2 is 2.00 bits per heavy atom. The molecule has 5 nitrogen and oxygen atoms in total. The van der Waals surface area contributed by atoms with E-state index in [1.807, 2.05) is 6.92 Å². The van der Waals surface area contributed by atoms with E-state index in [9.17, 15) is 13.2 Å². The normalized spacial score (nSPS) is 17.6. The number of hydrogen-bond donors (Lipinski definition) is 0. The first-order valence-corrected chi connectivity index (χ1v) is 8.79. The van der Waals surface area contributed by atoms with Crippen molar-refractivity contribution in [1.82, 2.24) is 19.9 Å². The maximum Gasteiger partial charge on any atom is 0.416 e. The molecule has 144 valence electrons. The first-order chi connectivity index (χ1) is 12.9. The van der Waals surface area contributed by atoms with Gasteiger partial charge in [-0.2, -0.15) is 18.2 Å². The van der Waals surface area contributed by atoms with Gasteiger partial charge in [-0.25, -0.2) is 0 Å². The molecule has 0 spiro atoms. The lowest BCUT2D eigenvalue weighted by molar-refractivity contribution is -0.137. The van der Waals surface area contributed by atoms with Crippen molar-refractivity contribution in [3.8, 4) is 23.7 Å². The summed E-state index contributed by atoms with van der Waals surface area (Å²) in [5, 5.41) is 3.87. The summed E-state index contributed by atoms with van der Waals surface area (Å²) in [5.41, 5.74) is -0.450. The Bertz CT molecular complexity index is 804. The molecule has 0 N–H and O–H groups in total. The van der Waals surface area contributed by atoms with E-state index >= 15 is 0 Å². The number of rotatable bonds is 5. The summed E-state index contributed by atoms with van der Waals surface area (Å²) in [6.45, 7) is 6.33. The number of aromatic nitrogens is 2. The van der Waals surface area contributed by atoms with Gasteiger partial charge in [-0.1, -0.05) is 17.3 Å². The maximum atomic E-state index is 12.9. The second kappa shape index (κ2) is 8.11. The van der Waals surface area contributed by atoms with Crippen LogP contribution in [0.5, 0.6) is 0 Å². The van der Waals surface area contributed by atoms with Gasteiger partial charge in [0.05, 0.1) is 11.6 Å². The molecule has 0 unspecified atom stereocenters. The van der Waals surface area contributed by atoms with Crippen molar-refractivity contribution in [2.45, 2.75) is 25.6 Å². The van der Waals surface area contributed by atoms with E-state index in [4.69, 9.17) is 10.9 Å². The molecule has 1 aliphatic rings. The van der Waals surface area contributed by atoms with Crippen LogP contribution < -0.4 is 0 Å². The average Bonchev–Trinajstić information content (AvgIpc) is 3.16. The Morgan fingerprint density at radius 1 is 1.26 bits per heavy atom. The number of terminal acetylenes is 1. The quantitative estimate of drug-likeness (QED) is 0.746. The van der Waals surface area contributed by atoms with Gasteiger partial charge in [-0.05, 0) is 19.1 Å². The first kappa shape index (κ1) is 19.4. The number of halogens is 3. The van der Waals surface area contributed by atoms with Crippen LogP contribution in [0.4, 0.5) is 13.2 Å². The second-order valence-corrected chi connectivity index (χ2v) is 6.54. The van der Waals surface area contributed by atoms with Gasteiger partial charge in [0, 0.05) is 44.7 Å². The van der Waals surface area contributed by atoms with E-state index in [1.54, 1.807) is 6.07 Å². The van der Waals surface area contributed by atoms with E-state index in [0.29, 0.717) is 5.89 Å². The third-order valence-electron chi connectivity index (χ3n) is 4.77. The summed E-state index contributed by atoms with van der Waals surface area (Å²) in [4.78, 5) is 8.85. The number of nitrogens with zero attached hydrogens (tertiary/aromatic N) is 4. The minimum atomic E-state index is -4.41. The van der Waals surface area contributed by atoms with E-state index < -0.39 is 11.7 Å². The molecule has 1 aromatic heterocycles. The minimum absolute atomic E-state index is 0.105. The Hall–Kier alpha value is -2.37. The smallest absolute Gasteiger partial charge is 0.337 e. The SMILES string of the molecule is C#CCCN1CCN([C@H](C)c2nc(-c3cccc(C(F)(F)F)c3)no2)CC1. The zero-order chi connectivity index (χ0) is 19.4. The van der Waals surface area contributed by atoms with E-state index in [1.165, 1.54) is 6.07 Å². The molecule has 1 saturated heterocycles. The highest BCUT2D eigenvalue weighted by Gasteiger charge is 2.31. The Balaban J connectivity index is 1.67. The predicted molar refractivity (Wildman–Crippen MR) is 94.6 cm³/mol. The Kier molecular flexibility index (Phi) is 5.82. The van der Waals surface area contributed by atoms with Gasteiger partial charge in [-0.15, -0.1) is 12.3 Å². The summed E-state index contributed by atoms with van der Waals surface area (Å²) in [5.74, 6) is 3.21. The molecule has 0 radical (unpaired) electrons. The highest BCUT2D eigenvalue weighted by molar-refractivity contribution is 5.55. The summed E-state index contributed by atoms with van der Waals surface area (Å²) in [6.07, 6.45) is 1.63. The summed E-state index contributed by atoms with van der Waals surface area (Å²) >= 11 is 0. The molecule has 1 aliphatic heterocycles. The third-order valence-corrected chi connectivity index (χ3v) is 4.77. The molecular weight excluding hydrogens is 357 g/mol. The van der Waals surface area contributed by atoms with Gasteiger partial charge in [0.2, 0.25) is 11.7 Å². The van der Waals surface area contributed by atoms with Crippen LogP contribution in [0, 0.1) is 12.3 Å². The van der Waals surface area contributed by atoms with Gasteiger partial charge in [-0.3, -0.25) is 9.80 Å². The average molecular weight is 378 g/mol. The van der Waals surface area contributed by atoms with E-state index in [0.717, 1.165) is 51.3 Å². The number of benzene rings is 1. The molecule has 2 aromatic rings. The number of hydrogen-bond acceptors (Lipinski definition) is 5. The molecule has 1 fully saturated rings. The molecule has 2 heterocycles. The van der Waals surface area contributed by atoms with Gasteiger partial charge in [0.15, 0.2) is 0 Å². The fourth-order valence-electron chi connectivity index (χ4n) is 3.11.